The minimum absolute atomic E-state index is 0.117. The Morgan fingerprint density at radius 1 is 0.703 bits per heavy atom. The van der Waals surface area contributed by atoms with E-state index >= 15 is 0 Å². The van der Waals surface area contributed by atoms with Crippen LogP contribution in [0.1, 0.15) is 6.92 Å². The van der Waals surface area contributed by atoms with Crippen LogP contribution >= 0.6 is 31.9 Å². The number of amides is 4. The molecule has 188 valence electrons. The molecular formula is C27H20Br2N2O6. The largest absolute Gasteiger partial charge is 0.463 e. The smallest absolute Gasteiger partial charge is 0.334 e. The van der Waals surface area contributed by atoms with Crippen molar-refractivity contribution in [3.05, 3.63) is 69.1 Å². The molecule has 5 aliphatic rings. The Labute approximate surface area is 228 Å². The van der Waals surface area contributed by atoms with Crippen LogP contribution in [0.4, 0.5) is 11.4 Å². The van der Waals surface area contributed by atoms with Gasteiger partial charge in [0.15, 0.2) is 0 Å². The fraction of sp³-hybridized carbons (Fsp3) is 0.296. The van der Waals surface area contributed by atoms with Gasteiger partial charge in [-0.15, -0.1) is 0 Å². The van der Waals surface area contributed by atoms with Crippen LogP contribution in [0.2, 0.25) is 0 Å². The molecule has 0 aromatic heterocycles. The van der Waals surface area contributed by atoms with E-state index in [0.29, 0.717) is 11.4 Å². The summed E-state index contributed by atoms with van der Waals surface area (Å²) in [7, 11) is 0. The number of nitrogens with zero attached hydrogens (tertiary/aromatic N) is 2. The van der Waals surface area contributed by atoms with Gasteiger partial charge in [-0.1, -0.05) is 37.9 Å². The van der Waals surface area contributed by atoms with Crippen LogP contribution in [0.25, 0.3) is 0 Å². The number of anilines is 2. The van der Waals surface area contributed by atoms with Crippen molar-refractivity contribution in [2.24, 2.45) is 35.5 Å². The number of rotatable bonds is 4. The summed E-state index contributed by atoms with van der Waals surface area (Å²) in [5.41, 5.74) is 1.01. The molecule has 2 heterocycles. The van der Waals surface area contributed by atoms with Gasteiger partial charge in [-0.05, 0) is 55.5 Å². The summed E-state index contributed by atoms with van der Waals surface area (Å²) in [6.45, 7) is 1.79. The number of halogens is 2. The Hall–Kier alpha value is -3.11. The van der Waals surface area contributed by atoms with Gasteiger partial charge in [-0.25, -0.2) is 4.79 Å². The number of carbonyl (C=O) groups excluding carboxylic acids is 5. The fourth-order valence-corrected chi connectivity index (χ4v) is 6.99. The maximum atomic E-state index is 13.8. The molecule has 4 amide bonds. The highest BCUT2D eigenvalue weighted by molar-refractivity contribution is 9.10. The molecule has 2 bridgehead atoms. The van der Waals surface area contributed by atoms with E-state index in [1.165, 1.54) is 0 Å². The van der Waals surface area contributed by atoms with E-state index in [1.807, 2.05) is 0 Å². The lowest BCUT2D eigenvalue weighted by atomic mass is 9.52. The van der Waals surface area contributed by atoms with E-state index in [-0.39, 0.29) is 12.2 Å². The number of hydrogen-bond donors (Lipinski definition) is 0. The number of allylic oxidation sites excluding steroid dienone is 1. The van der Waals surface area contributed by atoms with Gasteiger partial charge in [0, 0.05) is 26.4 Å². The summed E-state index contributed by atoms with van der Waals surface area (Å²) in [6.07, 6.45) is 1.61. The molecule has 0 radical (unpaired) electrons. The lowest BCUT2D eigenvalue weighted by Crippen LogP contribution is -2.53. The molecule has 8 nitrogen and oxygen atoms in total. The van der Waals surface area contributed by atoms with Crippen molar-refractivity contribution >= 4 is 72.8 Å². The average Bonchev–Trinajstić information content (AvgIpc) is 3.32. The maximum Gasteiger partial charge on any atom is 0.334 e. The predicted octanol–water partition coefficient (Wildman–Crippen LogP) is 3.87. The Morgan fingerprint density at radius 2 is 1.11 bits per heavy atom. The van der Waals surface area contributed by atoms with Crippen molar-refractivity contribution in [1.82, 2.24) is 0 Å². The van der Waals surface area contributed by atoms with Crippen LogP contribution in [0, 0.1) is 35.5 Å². The van der Waals surface area contributed by atoms with Gasteiger partial charge >= 0.3 is 5.97 Å². The number of ether oxygens (including phenoxy) is 1. The third-order valence-corrected chi connectivity index (χ3v) is 8.87. The first-order valence-electron chi connectivity index (χ1n) is 11.9. The first kappa shape index (κ1) is 24.2. The summed E-state index contributed by atoms with van der Waals surface area (Å²) < 4.78 is 6.85. The van der Waals surface area contributed by atoms with Crippen LogP contribution in [-0.4, -0.2) is 36.2 Å². The van der Waals surface area contributed by atoms with Gasteiger partial charge in [0.1, 0.15) is 0 Å². The van der Waals surface area contributed by atoms with Crippen molar-refractivity contribution in [2.75, 3.05) is 16.4 Å². The number of hydrogen-bond acceptors (Lipinski definition) is 6. The zero-order chi connectivity index (χ0) is 26.2. The lowest BCUT2D eigenvalue weighted by Gasteiger charge is -2.46. The number of esters is 1. The summed E-state index contributed by atoms with van der Waals surface area (Å²) in [5, 5.41) is 0. The molecule has 10 heteroatoms. The Kier molecular flexibility index (Phi) is 5.72. The minimum Gasteiger partial charge on any atom is -0.463 e. The molecule has 0 spiro atoms. The number of imide groups is 2. The Bertz CT molecular complexity index is 1310. The van der Waals surface area contributed by atoms with E-state index < -0.39 is 65.1 Å². The molecule has 2 unspecified atom stereocenters. The molecule has 6 atom stereocenters. The second kappa shape index (κ2) is 8.73. The van der Waals surface area contributed by atoms with E-state index in [4.69, 9.17) is 4.74 Å². The van der Waals surface area contributed by atoms with Gasteiger partial charge in [-0.2, -0.15) is 0 Å². The second-order valence-electron chi connectivity index (χ2n) is 9.53. The molecular weight excluding hydrogens is 608 g/mol. The molecule has 3 aliphatic carbocycles. The fourth-order valence-electron chi connectivity index (χ4n) is 6.46. The van der Waals surface area contributed by atoms with Crippen molar-refractivity contribution in [3.8, 4) is 0 Å². The van der Waals surface area contributed by atoms with Crippen LogP contribution in [0.5, 0.6) is 0 Å². The summed E-state index contributed by atoms with van der Waals surface area (Å²) in [4.78, 5) is 70.3. The van der Waals surface area contributed by atoms with Gasteiger partial charge in [-0.3, -0.25) is 29.0 Å². The summed E-state index contributed by atoms with van der Waals surface area (Å²) in [6, 6.07) is 13.5. The second-order valence-corrected chi connectivity index (χ2v) is 11.4. The molecule has 2 aromatic rings. The van der Waals surface area contributed by atoms with Crippen molar-refractivity contribution in [2.45, 2.75) is 6.92 Å². The van der Waals surface area contributed by atoms with Crippen LogP contribution in [-0.2, 0) is 28.7 Å². The number of carbonyl (C=O) groups is 5. The lowest BCUT2D eigenvalue weighted by molar-refractivity contribution is -0.146. The van der Waals surface area contributed by atoms with Gasteiger partial charge in [0.25, 0.3) is 0 Å². The minimum atomic E-state index is -0.937. The average molecular weight is 628 g/mol. The monoisotopic (exact) mass is 626 g/mol. The van der Waals surface area contributed by atoms with Crippen LogP contribution in [0.3, 0.4) is 0 Å². The molecule has 37 heavy (non-hydrogen) atoms. The normalized spacial score (nSPS) is 30.0. The third-order valence-electron chi connectivity index (χ3n) is 7.81. The van der Waals surface area contributed by atoms with Gasteiger partial charge < -0.3 is 4.74 Å². The molecule has 3 fully saturated rings. The molecule has 2 aliphatic heterocycles. The van der Waals surface area contributed by atoms with Crippen LogP contribution < -0.4 is 9.80 Å². The van der Waals surface area contributed by atoms with E-state index in [0.717, 1.165) is 18.7 Å². The zero-order valence-electron chi connectivity index (χ0n) is 19.5. The maximum absolute atomic E-state index is 13.8. The molecule has 0 N–H and O–H groups in total. The van der Waals surface area contributed by atoms with Gasteiger partial charge in [0.2, 0.25) is 23.6 Å². The molecule has 2 saturated heterocycles. The highest BCUT2D eigenvalue weighted by Crippen LogP contribution is 2.61. The van der Waals surface area contributed by atoms with E-state index in [1.54, 1.807) is 61.5 Å². The third kappa shape index (κ3) is 3.41. The number of benzene rings is 2. The summed E-state index contributed by atoms with van der Waals surface area (Å²) >= 11 is 6.71. The highest BCUT2D eigenvalue weighted by Gasteiger charge is 2.71. The first-order valence-corrected chi connectivity index (χ1v) is 13.5. The van der Waals surface area contributed by atoms with Crippen LogP contribution in [0.15, 0.2) is 69.1 Å². The van der Waals surface area contributed by atoms with Crippen molar-refractivity contribution in [3.63, 3.8) is 0 Å². The SMILES string of the molecule is CCOC(=O)C1=CC2[C@H]3C(=O)N(c4ccc(Br)cc4)C(=O)[C@H]3C1[C@H]1C(=O)N(c3ccc(Br)cc3)C(=O)[C@@H]21. The summed E-state index contributed by atoms with van der Waals surface area (Å²) in [5.74, 6) is -7.70. The van der Waals surface area contributed by atoms with Gasteiger partial charge in [0.05, 0.1) is 41.7 Å². The van der Waals surface area contributed by atoms with E-state index in [9.17, 15) is 24.0 Å². The quantitative estimate of drug-likeness (QED) is 0.377. The highest BCUT2D eigenvalue weighted by atomic mass is 79.9. The van der Waals surface area contributed by atoms with E-state index in [2.05, 4.69) is 31.9 Å². The Balaban J connectivity index is 1.46. The molecule has 7 rings (SSSR count). The standard InChI is InChI=1S/C27H20Br2N2O6/c1-2-37-27(36)17-11-16-19-21(25(34)30(23(19)32)14-7-3-12(28)4-8-14)18(17)22-20(16)24(33)31(26(22)35)15-9-5-13(29)6-10-15/h3-11,16,18-22H,2H2,1H3/t16?,18?,19-,20+,21+,22-. The zero-order valence-corrected chi connectivity index (χ0v) is 22.6. The molecule has 1 saturated carbocycles. The van der Waals surface area contributed by atoms with Crippen molar-refractivity contribution in [1.29, 1.82) is 0 Å². The van der Waals surface area contributed by atoms with Crippen molar-refractivity contribution < 1.29 is 28.7 Å². The first-order chi connectivity index (χ1) is 17.7. The predicted molar refractivity (Wildman–Crippen MR) is 139 cm³/mol. The topological polar surface area (TPSA) is 101 Å². The molecule has 2 aromatic carbocycles. The Morgan fingerprint density at radius 3 is 1.51 bits per heavy atom.